The molecule has 0 saturated carbocycles. The highest BCUT2D eigenvalue weighted by atomic mass is 16.7. The Morgan fingerprint density at radius 2 is 1.65 bits per heavy atom. The SMILES string of the molecule is COc1ccc(C(C)=O)c(O[C@@H]2O[C@H](CO[C@@H]3OCC(O)(COC(=O)c4cc(O)c(O)c(O)c4)[C@H]3O)[C@@H](O)[C@H](O)[C@H]2O)c1. The monoisotopic (exact) mass is 612 g/mol. The number of phenolic OH excluding ortho intramolecular Hbond substituents is 3. The topological polar surface area (TPSA) is 251 Å². The molecule has 16 heteroatoms. The zero-order valence-corrected chi connectivity index (χ0v) is 22.9. The third kappa shape index (κ3) is 6.76. The van der Waals surface area contributed by atoms with Crippen LogP contribution in [0.2, 0.25) is 0 Å². The molecule has 0 spiro atoms. The first-order valence-corrected chi connectivity index (χ1v) is 12.9. The number of aliphatic hydroxyl groups excluding tert-OH is 4. The van der Waals surface area contributed by atoms with Gasteiger partial charge in [-0.2, -0.15) is 0 Å². The maximum Gasteiger partial charge on any atom is 0.338 e. The molecule has 0 radical (unpaired) electrons. The molecule has 8 atom stereocenters. The predicted octanol–water partition coefficient (Wildman–Crippen LogP) is -1.48. The molecule has 43 heavy (non-hydrogen) atoms. The maximum atomic E-state index is 12.3. The highest BCUT2D eigenvalue weighted by Gasteiger charge is 2.51. The van der Waals surface area contributed by atoms with Crippen LogP contribution in [-0.2, 0) is 18.9 Å². The summed E-state index contributed by atoms with van der Waals surface area (Å²) in [5.41, 5.74) is -2.39. The van der Waals surface area contributed by atoms with Crippen LogP contribution in [0.1, 0.15) is 27.6 Å². The number of Topliss-reactive ketones (excluding diaryl/α,β-unsaturated/α-hetero) is 1. The van der Waals surface area contributed by atoms with Crippen molar-refractivity contribution in [1.82, 2.24) is 0 Å². The number of esters is 1. The van der Waals surface area contributed by atoms with Crippen molar-refractivity contribution in [3.8, 4) is 28.7 Å². The van der Waals surface area contributed by atoms with Crippen molar-refractivity contribution in [1.29, 1.82) is 0 Å². The van der Waals surface area contributed by atoms with Gasteiger partial charge in [-0.05, 0) is 31.2 Å². The van der Waals surface area contributed by atoms with Gasteiger partial charge in [0.05, 0.1) is 31.5 Å². The third-order valence-electron chi connectivity index (χ3n) is 6.97. The van der Waals surface area contributed by atoms with E-state index in [4.69, 9.17) is 28.4 Å². The maximum absolute atomic E-state index is 12.3. The second-order valence-electron chi connectivity index (χ2n) is 10.1. The highest BCUT2D eigenvalue weighted by Crippen LogP contribution is 2.36. The Hall–Kier alpha value is -3.74. The Bertz CT molecular complexity index is 1310. The smallest absolute Gasteiger partial charge is 0.338 e. The molecule has 2 fully saturated rings. The summed E-state index contributed by atoms with van der Waals surface area (Å²) >= 11 is 0. The van der Waals surface area contributed by atoms with Gasteiger partial charge in [0.2, 0.25) is 6.29 Å². The number of benzene rings is 2. The lowest BCUT2D eigenvalue weighted by Gasteiger charge is -2.40. The van der Waals surface area contributed by atoms with Crippen LogP contribution in [0.15, 0.2) is 30.3 Å². The van der Waals surface area contributed by atoms with Gasteiger partial charge in [0.25, 0.3) is 0 Å². The van der Waals surface area contributed by atoms with Gasteiger partial charge in [-0.25, -0.2) is 4.79 Å². The summed E-state index contributed by atoms with van der Waals surface area (Å²) in [6.07, 6.45) is -11.5. The fourth-order valence-corrected chi connectivity index (χ4v) is 4.40. The van der Waals surface area contributed by atoms with Gasteiger partial charge in [0, 0.05) is 6.07 Å². The van der Waals surface area contributed by atoms with E-state index in [0.717, 1.165) is 12.1 Å². The number of carbonyl (C=O) groups is 2. The fourth-order valence-electron chi connectivity index (χ4n) is 4.40. The number of hydrogen-bond acceptors (Lipinski definition) is 16. The summed E-state index contributed by atoms with van der Waals surface area (Å²) in [7, 11) is 1.39. The Balaban J connectivity index is 1.37. The summed E-state index contributed by atoms with van der Waals surface area (Å²) in [6, 6.07) is 5.98. The van der Waals surface area contributed by atoms with Crippen molar-refractivity contribution in [2.24, 2.45) is 0 Å². The summed E-state index contributed by atoms with van der Waals surface area (Å²) < 4.78 is 32.1. The summed E-state index contributed by atoms with van der Waals surface area (Å²) in [6.45, 7) is -0.632. The Morgan fingerprint density at radius 1 is 0.977 bits per heavy atom. The van der Waals surface area contributed by atoms with E-state index in [1.807, 2.05) is 0 Å². The van der Waals surface area contributed by atoms with E-state index < -0.39 is 91.7 Å². The van der Waals surface area contributed by atoms with Crippen molar-refractivity contribution in [2.45, 2.75) is 55.6 Å². The third-order valence-corrected chi connectivity index (χ3v) is 6.97. The summed E-state index contributed by atoms with van der Waals surface area (Å²) in [5.74, 6) is -3.60. The molecule has 4 rings (SSSR count). The lowest BCUT2D eigenvalue weighted by Crippen LogP contribution is -2.60. The average molecular weight is 613 g/mol. The van der Waals surface area contributed by atoms with Gasteiger partial charge < -0.3 is 69.3 Å². The van der Waals surface area contributed by atoms with E-state index in [1.165, 1.54) is 32.2 Å². The van der Waals surface area contributed by atoms with Gasteiger partial charge in [-0.1, -0.05) is 0 Å². The fraction of sp³-hybridized carbons (Fsp3) is 0.481. The van der Waals surface area contributed by atoms with E-state index in [9.17, 15) is 50.4 Å². The van der Waals surface area contributed by atoms with Crippen LogP contribution in [0.3, 0.4) is 0 Å². The molecule has 2 saturated heterocycles. The van der Waals surface area contributed by atoms with Gasteiger partial charge in [-0.15, -0.1) is 0 Å². The molecule has 2 aliphatic heterocycles. The lowest BCUT2D eigenvalue weighted by atomic mass is 9.99. The predicted molar refractivity (Wildman–Crippen MR) is 139 cm³/mol. The van der Waals surface area contributed by atoms with Crippen LogP contribution in [-0.4, -0.2) is 128 Å². The van der Waals surface area contributed by atoms with Crippen LogP contribution in [0.25, 0.3) is 0 Å². The second-order valence-corrected chi connectivity index (χ2v) is 10.1. The minimum atomic E-state index is -2.16. The first kappa shape index (κ1) is 32.2. The molecule has 2 aliphatic rings. The van der Waals surface area contributed by atoms with Gasteiger partial charge >= 0.3 is 5.97 Å². The zero-order valence-electron chi connectivity index (χ0n) is 22.9. The first-order valence-electron chi connectivity index (χ1n) is 12.9. The van der Waals surface area contributed by atoms with Crippen molar-refractivity contribution >= 4 is 11.8 Å². The molecule has 0 bridgehead atoms. The molecular weight excluding hydrogens is 580 g/mol. The molecule has 2 heterocycles. The van der Waals surface area contributed by atoms with Crippen LogP contribution in [0.5, 0.6) is 28.7 Å². The Morgan fingerprint density at radius 3 is 2.28 bits per heavy atom. The number of methoxy groups -OCH3 is 1. The van der Waals surface area contributed by atoms with Crippen molar-refractivity contribution < 1.29 is 78.9 Å². The normalized spacial score (nSPS) is 30.5. The van der Waals surface area contributed by atoms with E-state index in [2.05, 4.69) is 0 Å². The quantitative estimate of drug-likeness (QED) is 0.0865. The molecule has 236 valence electrons. The number of aromatic hydroxyl groups is 3. The number of ketones is 1. The number of phenols is 3. The van der Waals surface area contributed by atoms with Crippen LogP contribution in [0.4, 0.5) is 0 Å². The lowest BCUT2D eigenvalue weighted by molar-refractivity contribution is -0.289. The molecular formula is C27H32O16. The van der Waals surface area contributed by atoms with E-state index in [1.54, 1.807) is 0 Å². The van der Waals surface area contributed by atoms with Crippen molar-refractivity contribution in [3.63, 3.8) is 0 Å². The summed E-state index contributed by atoms with van der Waals surface area (Å²) in [5, 5.41) is 81.3. The van der Waals surface area contributed by atoms with Crippen molar-refractivity contribution in [3.05, 3.63) is 41.5 Å². The van der Waals surface area contributed by atoms with Crippen LogP contribution >= 0.6 is 0 Å². The zero-order chi connectivity index (χ0) is 31.6. The standard InChI is InChI=1S/C27H32O16/c1-11(28)14-4-3-13(38-2)7-17(14)42-25-22(34)21(33)20(32)18(43-25)8-39-26-23(35)27(37,10-41-26)9-40-24(36)12-5-15(29)19(31)16(30)6-12/h3-7,18,20-23,25-26,29-35,37H,8-10H2,1-2H3/t18-,20-,21+,22-,23+,25-,26-,27?/m1/s1. The number of rotatable bonds is 10. The number of ether oxygens (including phenoxy) is 6. The van der Waals surface area contributed by atoms with Crippen LogP contribution in [0, 0.1) is 0 Å². The Kier molecular flexibility index (Phi) is 9.63. The molecule has 2 aromatic rings. The van der Waals surface area contributed by atoms with E-state index in [-0.39, 0.29) is 22.7 Å². The van der Waals surface area contributed by atoms with Crippen LogP contribution < -0.4 is 9.47 Å². The molecule has 0 aliphatic carbocycles. The van der Waals surface area contributed by atoms with Crippen molar-refractivity contribution in [2.75, 3.05) is 26.9 Å². The molecule has 2 aromatic carbocycles. The largest absolute Gasteiger partial charge is 0.504 e. The van der Waals surface area contributed by atoms with Gasteiger partial charge in [0.15, 0.2) is 34.9 Å². The minimum Gasteiger partial charge on any atom is -0.504 e. The average Bonchev–Trinajstić information content (AvgIpc) is 3.26. The molecule has 0 amide bonds. The number of hydrogen-bond donors (Lipinski definition) is 8. The van der Waals surface area contributed by atoms with E-state index >= 15 is 0 Å². The van der Waals surface area contributed by atoms with Gasteiger partial charge in [-0.3, -0.25) is 4.79 Å². The summed E-state index contributed by atoms with van der Waals surface area (Å²) in [4.78, 5) is 24.4. The number of carbonyl (C=O) groups excluding carboxylic acids is 2. The highest BCUT2D eigenvalue weighted by molar-refractivity contribution is 5.97. The molecule has 8 N–H and O–H groups in total. The van der Waals surface area contributed by atoms with E-state index in [0.29, 0.717) is 5.75 Å². The Labute approximate surface area is 243 Å². The molecule has 0 aromatic heterocycles. The first-order chi connectivity index (χ1) is 20.2. The second kappa shape index (κ2) is 12.9. The molecule has 1 unspecified atom stereocenters. The molecule has 16 nitrogen and oxygen atoms in total. The number of aliphatic hydroxyl groups is 5. The minimum absolute atomic E-state index is 0.0222. The van der Waals surface area contributed by atoms with Gasteiger partial charge in [0.1, 0.15) is 48.6 Å².